The zero-order chi connectivity index (χ0) is 10.2. The first-order chi connectivity index (χ1) is 5.10. The lowest BCUT2D eigenvalue weighted by atomic mass is 9.85. The zero-order valence-corrected chi connectivity index (χ0v) is 12.1. The second-order valence-corrected chi connectivity index (χ2v) is 7.66. The summed E-state index contributed by atoms with van der Waals surface area (Å²) < 4.78 is -1.02. The van der Waals surface area contributed by atoms with Crippen molar-refractivity contribution in [3.05, 3.63) is 0 Å². The summed E-state index contributed by atoms with van der Waals surface area (Å²) in [7, 11) is 0. The van der Waals surface area contributed by atoms with Crippen LogP contribution in [0, 0.1) is 5.41 Å². The molecular weight excluding hydrogens is 382 g/mol. The molecule has 0 aromatic rings. The van der Waals surface area contributed by atoms with E-state index in [1.807, 2.05) is 50.3 Å². The highest BCUT2D eigenvalue weighted by molar-refractivity contribution is 14.1. The minimum absolute atomic E-state index is 0.0451. The Morgan fingerprint density at radius 3 is 1.67 bits per heavy atom. The van der Waals surface area contributed by atoms with Crippen molar-refractivity contribution in [2.75, 3.05) is 0 Å². The Balaban J connectivity index is 4.61. The lowest BCUT2D eigenvalue weighted by molar-refractivity contribution is -0.0550. The summed E-state index contributed by atoms with van der Waals surface area (Å²) in [6.07, 6.45) is -0.696. The van der Waals surface area contributed by atoms with Gasteiger partial charge in [0.1, 0.15) is 9.71 Å². The predicted octanol–water partition coefficient (Wildman–Crippen LogP) is 2.34. The first-order valence-electron chi connectivity index (χ1n) is 3.84. The van der Waals surface area contributed by atoms with Gasteiger partial charge in [-0.05, 0) is 22.6 Å². The summed E-state index contributed by atoms with van der Waals surface area (Å²) >= 11 is 4.04. The minimum atomic E-state index is -1.06. The molecule has 0 aliphatic rings. The van der Waals surface area contributed by atoms with Crippen LogP contribution in [0.4, 0.5) is 0 Å². The number of aliphatic hydroxyl groups excluding tert-OH is 1. The van der Waals surface area contributed by atoms with Crippen LogP contribution in [-0.2, 0) is 0 Å². The molecule has 0 spiro atoms. The van der Waals surface area contributed by atoms with Crippen LogP contribution in [0.25, 0.3) is 0 Å². The fraction of sp³-hybridized carbons (Fsp3) is 1.00. The van der Waals surface area contributed by atoms with Gasteiger partial charge in [0, 0.05) is 9.34 Å². The number of hydrogen-bond donors (Lipinski definition) is 2. The van der Waals surface area contributed by atoms with E-state index in [-0.39, 0.29) is 9.34 Å². The average Bonchev–Trinajstić information content (AvgIpc) is 1.83. The zero-order valence-electron chi connectivity index (χ0n) is 7.81. The van der Waals surface area contributed by atoms with Crippen LogP contribution < -0.4 is 0 Å². The highest BCUT2D eigenvalue weighted by atomic mass is 127. The molecule has 2 N–H and O–H groups in total. The predicted molar refractivity (Wildman–Crippen MR) is 67.9 cm³/mol. The van der Waals surface area contributed by atoms with Crippen molar-refractivity contribution in [2.45, 2.75) is 41.3 Å². The molecule has 74 valence electrons. The summed E-state index contributed by atoms with van der Waals surface area (Å²) in [6, 6.07) is 0. The van der Waals surface area contributed by atoms with E-state index in [2.05, 4.69) is 22.6 Å². The SMILES string of the molecule is CC(I)C(O)C(O)(I)C(C)(C)C. The molecule has 0 saturated heterocycles. The second-order valence-electron chi connectivity index (χ2n) is 4.05. The van der Waals surface area contributed by atoms with Crippen LogP contribution in [0.5, 0.6) is 0 Å². The average molecular weight is 398 g/mol. The van der Waals surface area contributed by atoms with Crippen LogP contribution >= 0.6 is 45.2 Å². The normalized spacial score (nSPS) is 23.0. The standard InChI is InChI=1S/C8H16I2O2/c1-5(9)6(11)8(10,12)7(2,3)4/h5-6,11-12H,1-4H3. The highest BCUT2D eigenvalue weighted by Gasteiger charge is 2.45. The van der Waals surface area contributed by atoms with Gasteiger partial charge in [-0.3, -0.25) is 0 Å². The third kappa shape index (κ3) is 2.95. The Morgan fingerprint density at radius 1 is 1.25 bits per heavy atom. The Bertz CT molecular complexity index is 150. The molecule has 0 aromatic heterocycles. The molecule has 0 radical (unpaired) electrons. The van der Waals surface area contributed by atoms with Gasteiger partial charge in [-0.2, -0.15) is 0 Å². The van der Waals surface area contributed by atoms with E-state index in [1.54, 1.807) is 0 Å². The van der Waals surface area contributed by atoms with Gasteiger partial charge in [-0.25, -0.2) is 0 Å². The fourth-order valence-electron chi connectivity index (χ4n) is 0.748. The quantitative estimate of drug-likeness (QED) is 0.554. The maximum atomic E-state index is 10.0. The first-order valence-corrected chi connectivity index (χ1v) is 6.16. The van der Waals surface area contributed by atoms with Crippen molar-refractivity contribution in [3.8, 4) is 0 Å². The van der Waals surface area contributed by atoms with Crippen molar-refractivity contribution >= 4 is 45.2 Å². The topological polar surface area (TPSA) is 40.5 Å². The van der Waals surface area contributed by atoms with Crippen molar-refractivity contribution < 1.29 is 10.2 Å². The van der Waals surface area contributed by atoms with Gasteiger partial charge >= 0.3 is 0 Å². The summed E-state index contributed by atoms with van der Waals surface area (Å²) in [5, 5.41) is 19.7. The Morgan fingerprint density at radius 2 is 1.58 bits per heavy atom. The van der Waals surface area contributed by atoms with Gasteiger partial charge in [0.05, 0.1) is 0 Å². The van der Waals surface area contributed by atoms with Crippen LogP contribution in [0.1, 0.15) is 27.7 Å². The number of hydrogen-bond acceptors (Lipinski definition) is 2. The largest absolute Gasteiger partial charge is 0.388 e. The van der Waals surface area contributed by atoms with Gasteiger partial charge in [0.15, 0.2) is 0 Å². The molecule has 0 fully saturated rings. The highest BCUT2D eigenvalue weighted by Crippen LogP contribution is 2.41. The summed E-state index contributed by atoms with van der Waals surface area (Å²) in [5.41, 5.74) is -0.313. The molecule has 0 aromatic carbocycles. The number of halogens is 2. The van der Waals surface area contributed by atoms with Crippen molar-refractivity contribution in [1.82, 2.24) is 0 Å². The van der Waals surface area contributed by atoms with Crippen LogP contribution in [-0.4, -0.2) is 23.8 Å². The van der Waals surface area contributed by atoms with E-state index in [0.29, 0.717) is 0 Å². The van der Waals surface area contributed by atoms with Crippen LogP contribution in [0.15, 0.2) is 0 Å². The van der Waals surface area contributed by atoms with E-state index in [1.165, 1.54) is 0 Å². The van der Waals surface area contributed by atoms with E-state index < -0.39 is 9.71 Å². The van der Waals surface area contributed by atoms with Crippen LogP contribution in [0.3, 0.4) is 0 Å². The van der Waals surface area contributed by atoms with Crippen molar-refractivity contribution in [1.29, 1.82) is 0 Å². The summed E-state index contributed by atoms with van der Waals surface area (Å²) in [4.78, 5) is 0. The van der Waals surface area contributed by atoms with E-state index in [4.69, 9.17) is 0 Å². The van der Waals surface area contributed by atoms with Crippen molar-refractivity contribution in [2.24, 2.45) is 5.41 Å². The monoisotopic (exact) mass is 398 g/mol. The van der Waals surface area contributed by atoms with E-state index in [0.717, 1.165) is 0 Å². The number of aliphatic hydroxyl groups is 2. The molecule has 2 nitrogen and oxygen atoms in total. The molecule has 0 bridgehead atoms. The summed E-state index contributed by atoms with van der Waals surface area (Å²) in [6.45, 7) is 7.64. The Kier molecular flexibility index (Phi) is 4.76. The first kappa shape index (κ1) is 13.4. The summed E-state index contributed by atoms with van der Waals surface area (Å²) in [5.74, 6) is 0. The second kappa shape index (κ2) is 4.27. The third-order valence-corrected chi connectivity index (χ3v) is 4.82. The maximum Gasteiger partial charge on any atom is 0.147 e. The molecule has 0 amide bonds. The smallest absolute Gasteiger partial charge is 0.147 e. The lowest BCUT2D eigenvalue weighted by Crippen LogP contribution is -2.50. The number of rotatable bonds is 2. The fourth-order valence-corrected chi connectivity index (χ4v) is 2.50. The number of alkyl halides is 2. The van der Waals surface area contributed by atoms with E-state index in [9.17, 15) is 10.2 Å². The molecule has 0 aliphatic carbocycles. The molecule has 3 unspecified atom stereocenters. The molecular formula is C8H16I2O2. The molecule has 0 aliphatic heterocycles. The molecule has 0 heterocycles. The Labute approximate surface area is 101 Å². The van der Waals surface area contributed by atoms with Crippen molar-refractivity contribution in [3.63, 3.8) is 0 Å². The van der Waals surface area contributed by atoms with Crippen LogP contribution in [0.2, 0.25) is 0 Å². The van der Waals surface area contributed by atoms with Gasteiger partial charge in [0.2, 0.25) is 0 Å². The maximum absolute atomic E-state index is 10.0. The lowest BCUT2D eigenvalue weighted by Gasteiger charge is -2.40. The van der Waals surface area contributed by atoms with Gasteiger partial charge < -0.3 is 10.2 Å². The molecule has 4 heteroatoms. The molecule has 12 heavy (non-hydrogen) atoms. The molecule has 3 atom stereocenters. The van der Waals surface area contributed by atoms with Gasteiger partial charge in [-0.15, -0.1) is 0 Å². The third-order valence-electron chi connectivity index (χ3n) is 1.88. The van der Waals surface area contributed by atoms with Gasteiger partial charge in [-0.1, -0.05) is 50.3 Å². The molecule has 0 rings (SSSR count). The van der Waals surface area contributed by atoms with E-state index >= 15 is 0 Å². The van der Waals surface area contributed by atoms with Gasteiger partial charge in [0.25, 0.3) is 0 Å². The minimum Gasteiger partial charge on any atom is -0.388 e. The Hall–Kier alpha value is 1.38. The molecule has 0 saturated carbocycles.